The van der Waals surface area contributed by atoms with E-state index in [9.17, 15) is 9.90 Å². The van der Waals surface area contributed by atoms with Crippen molar-refractivity contribution < 1.29 is 14.6 Å². The van der Waals surface area contributed by atoms with Crippen LogP contribution in [0.4, 0.5) is 0 Å². The zero-order valence-corrected chi connectivity index (χ0v) is 23.9. The number of ether oxygens (including phenoxy) is 1. The molecule has 5 rings (SSSR count). The van der Waals surface area contributed by atoms with E-state index >= 15 is 0 Å². The topological polar surface area (TPSA) is 46.5 Å². The number of aliphatic hydroxyl groups excluding tert-OH is 1. The number of carbonyl (C=O) groups is 1. The highest BCUT2D eigenvalue weighted by Crippen LogP contribution is 2.77. The Morgan fingerprint density at radius 1 is 0.857 bits per heavy atom. The second-order valence-electron chi connectivity index (χ2n) is 15.5. The van der Waals surface area contributed by atoms with Crippen molar-refractivity contribution in [3.8, 4) is 0 Å². The zero-order valence-electron chi connectivity index (χ0n) is 23.9. The van der Waals surface area contributed by atoms with Crippen LogP contribution in [0.2, 0.25) is 0 Å². The van der Waals surface area contributed by atoms with E-state index in [1.807, 2.05) is 0 Å². The third-order valence-corrected chi connectivity index (χ3v) is 13.7. The Labute approximate surface area is 214 Å². The number of aliphatic hydroxyl groups is 1. The third-order valence-electron chi connectivity index (χ3n) is 13.7. The Kier molecular flexibility index (Phi) is 5.78. The molecule has 5 saturated carbocycles. The van der Waals surface area contributed by atoms with Gasteiger partial charge >= 0.3 is 5.97 Å². The summed E-state index contributed by atoms with van der Waals surface area (Å²) >= 11 is 0. The lowest BCUT2D eigenvalue weighted by Gasteiger charge is -2.73. The van der Waals surface area contributed by atoms with E-state index in [1.54, 1.807) is 0 Å². The monoisotopic (exact) mass is 484 g/mol. The molecule has 0 amide bonds. The van der Waals surface area contributed by atoms with Gasteiger partial charge in [0.2, 0.25) is 0 Å². The molecule has 0 spiro atoms. The van der Waals surface area contributed by atoms with Crippen molar-refractivity contribution in [2.45, 2.75) is 125 Å². The maximum absolute atomic E-state index is 11.9. The van der Waals surface area contributed by atoms with Crippen LogP contribution in [0.3, 0.4) is 0 Å². The van der Waals surface area contributed by atoms with Crippen LogP contribution in [0.25, 0.3) is 0 Å². The van der Waals surface area contributed by atoms with Gasteiger partial charge in [-0.25, -0.2) is 0 Å². The maximum Gasteiger partial charge on any atom is 0.303 e. The number of fused-ring (bicyclic) bond motifs is 7. The first-order chi connectivity index (χ1) is 16.1. The van der Waals surface area contributed by atoms with Crippen molar-refractivity contribution >= 4 is 5.97 Å². The molecule has 0 aromatic rings. The summed E-state index contributed by atoms with van der Waals surface area (Å²) < 4.78 is 5.78. The molecule has 0 aromatic carbocycles. The normalized spacial score (nSPS) is 54.6. The molecule has 1 N–H and O–H groups in total. The fraction of sp³-hybridized carbons (Fsp3) is 0.906. The van der Waals surface area contributed by atoms with E-state index < -0.39 is 12.2 Å². The average Bonchev–Trinajstić information content (AvgIpc) is 3.09. The van der Waals surface area contributed by atoms with E-state index in [4.69, 9.17) is 4.74 Å². The van der Waals surface area contributed by atoms with Gasteiger partial charge in [-0.1, -0.05) is 53.7 Å². The minimum absolute atomic E-state index is 0.0741. The van der Waals surface area contributed by atoms with E-state index in [2.05, 4.69) is 55.0 Å². The fourth-order valence-corrected chi connectivity index (χ4v) is 12.0. The SMILES string of the molecule is C=C(C)[C@@H]1CC[C@]2(C)CC[C@]3(C)[C@H](CC[C@@H]4[C@@]5(C)C[C@@H](O)[C@@H](OC(C)=O)C(C)(C)[C@@H]5CC[C@]43C)[C@@H]12. The highest BCUT2D eigenvalue weighted by Gasteiger charge is 2.71. The number of esters is 1. The molecule has 5 aliphatic rings. The van der Waals surface area contributed by atoms with Crippen LogP contribution in [-0.2, 0) is 9.53 Å². The first kappa shape index (κ1) is 25.8. The predicted molar refractivity (Wildman–Crippen MR) is 142 cm³/mol. The highest BCUT2D eigenvalue weighted by atomic mass is 16.6. The molecule has 0 saturated heterocycles. The number of rotatable bonds is 2. The summed E-state index contributed by atoms with van der Waals surface area (Å²) in [6.45, 7) is 23.2. The molecule has 35 heavy (non-hydrogen) atoms. The summed E-state index contributed by atoms with van der Waals surface area (Å²) in [6.07, 6.45) is 10.2. The maximum atomic E-state index is 11.9. The van der Waals surface area contributed by atoms with Crippen molar-refractivity contribution in [3.05, 3.63) is 12.2 Å². The first-order valence-corrected chi connectivity index (χ1v) is 14.6. The summed E-state index contributed by atoms with van der Waals surface area (Å²) in [5, 5.41) is 11.4. The second kappa shape index (κ2) is 7.84. The molecule has 3 heteroatoms. The van der Waals surface area contributed by atoms with Gasteiger partial charge in [0.1, 0.15) is 6.10 Å². The molecule has 11 atom stereocenters. The quantitative estimate of drug-likeness (QED) is 0.325. The molecular weight excluding hydrogens is 432 g/mol. The van der Waals surface area contributed by atoms with Crippen LogP contribution in [-0.4, -0.2) is 23.3 Å². The lowest BCUT2D eigenvalue weighted by molar-refractivity contribution is -0.265. The molecule has 0 heterocycles. The third kappa shape index (κ3) is 3.28. The highest BCUT2D eigenvalue weighted by molar-refractivity contribution is 5.66. The molecule has 5 fully saturated rings. The second-order valence-corrected chi connectivity index (χ2v) is 15.5. The van der Waals surface area contributed by atoms with E-state index in [0.29, 0.717) is 28.6 Å². The minimum Gasteiger partial charge on any atom is -0.459 e. The Balaban J connectivity index is 1.52. The molecule has 5 aliphatic carbocycles. The molecule has 0 aliphatic heterocycles. The van der Waals surface area contributed by atoms with E-state index in [1.165, 1.54) is 63.9 Å². The van der Waals surface area contributed by atoms with Gasteiger partial charge in [-0.15, -0.1) is 0 Å². The van der Waals surface area contributed by atoms with Crippen molar-refractivity contribution in [3.63, 3.8) is 0 Å². The van der Waals surface area contributed by atoms with Crippen LogP contribution in [0.15, 0.2) is 12.2 Å². The Hall–Kier alpha value is -0.830. The summed E-state index contributed by atoms with van der Waals surface area (Å²) in [6, 6.07) is 0. The minimum atomic E-state index is -0.583. The smallest absolute Gasteiger partial charge is 0.303 e. The average molecular weight is 485 g/mol. The van der Waals surface area contributed by atoms with Crippen molar-refractivity contribution in [1.29, 1.82) is 0 Å². The standard InChI is InChI=1S/C32H52O3/c1-19(2)21-12-14-29(6)16-17-31(8)22(26(21)29)10-11-25-30(7)18-23(34)27(35-20(3)33)28(4,5)24(30)13-15-32(25,31)9/h21-27,34H,1,10-18H2,2-9H3/t21-,22+,23+,24-,25+,26+,27+,29+,30-,31+,32+/m0/s1. The Bertz CT molecular complexity index is 906. The number of hydrogen-bond acceptors (Lipinski definition) is 3. The number of hydrogen-bond donors (Lipinski definition) is 1. The number of carbonyl (C=O) groups excluding carboxylic acids is 1. The summed E-state index contributed by atoms with van der Waals surface area (Å²) in [7, 11) is 0. The van der Waals surface area contributed by atoms with Crippen molar-refractivity contribution in [2.24, 2.45) is 56.7 Å². The van der Waals surface area contributed by atoms with Gasteiger partial charge in [-0.2, -0.15) is 0 Å². The Morgan fingerprint density at radius 2 is 1.54 bits per heavy atom. The number of allylic oxidation sites excluding steroid dienone is 1. The fourth-order valence-electron chi connectivity index (χ4n) is 12.0. The first-order valence-electron chi connectivity index (χ1n) is 14.6. The molecular formula is C32H52O3. The largest absolute Gasteiger partial charge is 0.459 e. The molecule has 0 radical (unpaired) electrons. The van der Waals surface area contributed by atoms with Gasteiger partial charge in [0.15, 0.2) is 0 Å². The predicted octanol–water partition coefficient (Wildman–Crippen LogP) is 7.57. The lowest BCUT2D eigenvalue weighted by atomic mass is 9.32. The summed E-state index contributed by atoms with van der Waals surface area (Å²) in [5.41, 5.74) is 2.38. The summed E-state index contributed by atoms with van der Waals surface area (Å²) in [4.78, 5) is 11.9. The van der Waals surface area contributed by atoms with Crippen LogP contribution >= 0.6 is 0 Å². The van der Waals surface area contributed by atoms with Crippen molar-refractivity contribution in [2.75, 3.05) is 0 Å². The van der Waals surface area contributed by atoms with Gasteiger partial charge in [-0.3, -0.25) is 4.79 Å². The van der Waals surface area contributed by atoms with Gasteiger partial charge in [0, 0.05) is 12.3 Å². The van der Waals surface area contributed by atoms with Crippen LogP contribution < -0.4 is 0 Å². The lowest BCUT2D eigenvalue weighted by Crippen LogP contribution is -2.68. The van der Waals surface area contributed by atoms with Gasteiger partial charge < -0.3 is 9.84 Å². The van der Waals surface area contributed by atoms with Gasteiger partial charge in [0.25, 0.3) is 0 Å². The van der Waals surface area contributed by atoms with Gasteiger partial charge in [-0.05, 0) is 116 Å². The Morgan fingerprint density at radius 3 is 2.17 bits per heavy atom. The van der Waals surface area contributed by atoms with Crippen molar-refractivity contribution in [1.82, 2.24) is 0 Å². The van der Waals surface area contributed by atoms with Crippen LogP contribution in [0.1, 0.15) is 113 Å². The van der Waals surface area contributed by atoms with Gasteiger partial charge in [0.05, 0.1) is 6.10 Å². The van der Waals surface area contributed by atoms with E-state index in [0.717, 1.165) is 18.3 Å². The molecule has 0 unspecified atom stereocenters. The van der Waals surface area contributed by atoms with E-state index in [-0.39, 0.29) is 22.2 Å². The molecule has 0 bridgehead atoms. The summed E-state index contributed by atoms with van der Waals surface area (Å²) in [5.74, 6) is 3.05. The zero-order chi connectivity index (χ0) is 25.8. The molecule has 0 aromatic heterocycles. The van der Waals surface area contributed by atoms with Crippen LogP contribution in [0, 0.1) is 56.7 Å². The molecule has 198 valence electrons. The van der Waals surface area contributed by atoms with Crippen LogP contribution in [0.5, 0.6) is 0 Å². The molecule has 3 nitrogen and oxygen atoms in total.